The van der Waals surface area contributed by atoms with Crippen LogP contribution in [0.2, 0.25) is 0 Å². The number of rotatable bonds is 5. The molecular formula is C22H22N2O2S. The summed E-state index contributed by atoms with van der Waals surface area (Å²) >= 11 is 1.44. The van der Waals surface area contributed by atoms with Crippen LogP contribution in [0.15, 0.2) is 60.7 Å². The number of amides is 1. The van der Waals surface area contributed by atoms with Crippen LogP contribution in [0, 0.1) is 0 Å². The van der Waals surface area contributed by atoms with Crippen LogP contribution in [-0.4, -0.2) is 29.6 Å². The molecule has 0 aliphatic carbocycles. The number of aromatic nitrogens is 1. The number of hydrogen-bond acceptors (Lipinski definition) is 4. The first-order chi connectivity index (χ1) is 13.2. The Morgan fingerprint density at radius 2 is 1.78 bits per heavy atom. The van der Waals surface area contributed by atoms with E-state index in [4.69, 9.17) is 9.72 Å². The average Bonchev–Trinajstić information content (AvgIpc) is 3.40. The van der Waals surface area contributed by atoms with Gasteiger partial charge in [-0.15, -0.1) is 11.3 Å². The third-order valence-corrected chi connectivity index (χ3v) is 5.89. The van der Waals surface area contributed by atoms with Crippen molar-refractivity contribution in [3.05, 3.63) is 65.5 Å². The second kappa shape index (κ2) is 8.03. The van der Waals surface area contributed by atoms with Gasteiger partial charge >= 0.3 is 0 Å². The van der Waals surface area contributed by atoms with Crippen molar-refractivity contribution in [2.45, 2.75) is 31.9 Å². The normalized spacial score (nSPS) is 17.6. The van der Waals surface area contributed by atoms with Crippen molar-refractivity contribution in [3.8, 4) is 21.8 Å². The molecule has 27 heavy (non-hydrogen) atoms. The second-order valence-corrected chi connectivity index (χ2v) is 7.74. The van der Waals surface area contributed by atoms with Crippen LogP contribution in [0.1, 0.15) is 29.4 Å². The van der Waals surface area contributed by atoms with Crippen LogP contribution in [0.25, 0.3) is 21.8 Å². The minimum absolute atomic E-state index is 0.0223. The minimum Gasteiger partial charge on any atom is -0.376 e. The number of nitrogens with one attached hydrogen (secondary N) is 1. The molecule has 2 atom stereocenters. The number of hydrogen-bond donors (Lipinski definition) is 1. The van der Waals surface area contributed by atoms with Crippen molar-refractivity contribution in [2.75, 3.05) is 6.61 Å². The molecule has 1 aromatic heterocycles. The molecule has 1 aliphatic rings. The summed E-state index contributed by atoms with van der Waals surface area (Å²) < 4.78 is 5.71. The lowest BCUT2D eigenvalue weighted by molar-refractivity contribution is 0.0715. The first-order valence-electron chi connectivity index (χ1n) is 9.26. The Hall–Kier alpha value is -2.50. The predicted molar refractivity (Wildman–Crippen MR) is 109 cm³/mol. The highest BCUT2D eigenvalue weighted by atomic mass is 32.1. The summed E-state index contributed by atoms with van der Waals surface area (Å²) in [5, 5.41) is 3.97. The maximum Gasteiger partial charge on any atom is 0.263 e. The molecule has 0 radical (unpaired) electrons. The van der Waals surface area contributed by atoms with Gasteiger partial charge in [0.2, 0.25) is 0 Å². The molecule has 1 saturated heterocycles. The molecule has 1 fully saturated rings. The van der Waals surface area contributed by atoms with Gasteiger partial charge in [-0.3, -0.25) is 4.79 Å². The van der Waals surface area contributed by atoms with Crippen molar-refractivity contribution in [1.29, 1.82) is 0 Å². The Kier molecular flexibility index (Phi) is 5.32. The summed E-state index contributed by atoms with van der Waals surface area (Å²) in [4.78, 5) is 18.5. The van der Waals surface area contributed by atoms with E-state index in [0.29, 0.717) is 4.88 Å². The Morgan fingerprint density at radius 3 is 2.41 bits per heavy atom. The van der Waals surface area contributed by atoms with Crippen molar-refractivity contribution in [1.82, 2.24) is 10.3 Å². The SMILES string of the molecule is C[C@H](NC(=O)c1sc(-c2ccccc2)nc1-c1ccccc1)[C@@H]1CCCO1. The highest BCUT2D eigenvalue weighted by Crippen LogP contribution is 2.34. The largest absolute Gasteiger partial charge is 0.376 e. The van der Waals surface area contributed by atoms with Crippen LogP contribution in [0.3, 0.4) is 0 Å². The van der Waals surface area contributed by atoms with E-state index in [1.165, 1.54) is 11.3 Å². The summed E-state index contributed by atoms with van der Waals surface area (Å²) in [7, 11) is 0. The third kappa shape index (κ3) is 3.94. The molecule has 1 amide bonds. The highest BCUT2D eigenvalue weighted by molar-refractivity contribution is 7.17. The Bertz CT molecular complexity index is 903. The van der Waals surface area contributed by atoms with E-state index in [2.05, 4.69) is 5.32 Å². The van der Waals surface area contributed by atoms with E-state index in [9.17, 15) is 4.79 Å². The lowest BCUT2D eigenvalue weighted by atomic mass is 10.1. The van der Waals surface area contributed by atoms with Gasteiger partial charge in [-0.25, -0.2) is 4.98 Å². The first kappa shape index (κ1) is 17.9. The Balaban J connectivity index is 1.67. The molecule has 2 aromatic carbocycles. The molecule has 1 aliphatic heterocycles. The van der Waals surface area contributed by atoms with Gasteiger partial charge in [0, 0.05) is 17.7 Å². The molecule has 4 nitrogen and oxygen atoms in total. The fraction of sp³-hybridized carbons (Fsp3) is 0.273. The van der Waals surface area contributed by atoms with Gasteiger partial charge in [0.05, 0.1) is 17.8 Å². The van der Waals surface area contributed by atoms with Gasteiger partial charge in [-0.2, -0.15) is 0 Å². The van der Waals surface area contributed by atoms with Crippen LogP contribution in [0.4, 0.5) is 0 Å². The Labute approximate surface area is 163 Å². The number of carbonyl (C=O) groups excluding carboxylic acids is 1. The van der Waals surface area contributed by atoms with Crippen molar-refractivity contribution < 1.29 is 9.53 Å². The molecule has 0 saturated carbocycles. The number of carbonyl (C=O) groups is 1. The minimum atomic E-state index is -0.0865. The molecular weight excluding hydrogens is 356 g/mol. The van der Waals surface area contributed by atoms with Gasteiger partial charge in [-0.1, -0.05) is 60.7 Å². The fourth-order valence-electron chi connectivity index (χ4n) is 3.33. The average molecular weight is 378 g/mol. The molecule has 4 rings (SSSR count). The van der Waals surface area contributed by atoms with Crippen molar-refractivity contribution >= 4 is 17.2 Å². The van der Waals surface area contributed by atoms with Gasteiger partial charge < -0.3 is 10.1 Å². The van der Waals surface area contributed by atoms with Gasteiger partial charge in [0.15, 0.2) is 0 Å². The van der Waals surface area contributed by atoms with Crippen LogP contribution >= 0.6 is 11.3 Å². The lowest BCUT2D eigenvalue weighted by Gasteiger charge is -2.19. The maximum absolute atomic E-state index is 13.1. The van der Waals surface area contributed by atoms with E-state index in [1.54, 1.807) is 0 Å². The summed E-state index contributed by atoms with van der Waals surface area (Å²) in [6, 6.07) is 19.8. The molecule has 2 heterocycles. The zero-order valence-electron chi connectivity index (χ0n) is 15.2. The number of ether oxygens (including phenoxy) is 1. The Morgan fingerprint density at radius 1 is 1.11 bits per heavy atom. The molecule has 138 valence electrons. The third-order valence-electron chi connectivity index (χ3n) is 4.78. The van der Waals surface area contributed by atoms with Crippen LogP contribution in [0.5, 0.6) is 0 Å². The number of benzene rings is 2. The van der Waals surface area contributed by atoms with Gasteiger partial charge in [0.25, 0.3) is 5.91 Å². The summed E-state index contributed by atoms with van der Waals surface area (Å²) in [6.45, 7) is 2.79. The molecule has 3 aromatic rings. The zero-order valence-corrected chi connectivity index (χ0v) is 16.0. The first-order valence-corrected chi connectivity index (χ1v) is 10.1. The standard InChI is InChI=1S/C22H22N2O2S/c1-15(18-13-8-14-26-18)23-21(25)20-19(16-9-4-2-5-10-16)24-22(27-20)17-11-6-3-7-12-17/h2-7,9-12,15,18H,8,13-14H2,1H3,(H,23,25)/t15-,18-/m0/s1. The topological polar surface area (TPSA) is 51.2 Å². The number of nitrogens with zero attached hydrogens (tertiary/aromatic N) is 1. The highest BCUT2D eigenvalue weighted by Gasteiger charge is 2.26. The fourth-order valence-corrected chi connectivity index (χ4v) is 4.33. The molecule has 0 unspecified atom stereocenters. The maximum atomic E-state index is 13.1. The monoisotopic (exact) mass is 378 g/mol. The van der Waals surface area contributed by atoms with Crippen molar-refractivity contribution in [2.24, 2.45) is 0 Å². The zero-order chi connectivity index (χ0) is 18.6. The summed E-state index contributed by atoms with van der Waals surface area (Å²) in [5.74, 6) is -0.0865. The second-order valence-electron chi connectivity index (χ2n) is 6.74. The summed E-state index contributed by atoms with van der Waals surface area (Å²) in [5.41, 5.74) is 2.70. The lowest BCUT2D eigenvalue weighted by Crippen LogP contribution is -2.40. The van der Waals surface area contributed by atoms with Gasteiger partial charge in [-0.05, 0) is 19.8 Å². The number of thiazole rings is 1. The van der Waals surface area contributed by atoms with Gasteiger partial charge in [0.1, 0.15) is 9.88 Å². The molecule has 0 bridgehead atoms. The van der Waals surface area contributed by atoms with Crippen molar-refractivity contribution in [3.63, 3.8) is 0 Å². The smallest absolute Gasteiger partial charge is 0.263 e. The predicted octanol–water partition coefficient (Wildman–Crippen LogP) is 4.77. The molecule has 5 heteroatoms. The molecule has 0 spiro atoms. The van der Waals surface area contributed by atoms with Crippen LogP contribution < -0.4 is 5.32 Å². The van der Waals surface area contributed by atoms with E-state index < -0.39 is 0 Å². The van der Waals surface area contributed by atoms with E-state index >= 15 is 0 Å². The summed E-state index contributed by atoms with van der Waals surface area (Å²) in [6.07, 6.45) is 2.14. The molecule has 1 N–H and O–H groups in total. The van der Waals surface area contributed by atoms with Crippen LogP contribution in [-0.2, 0) is 4.74 Å². The van der Waals surface area contributed by atoms with E-state index in [0.717, 1.165) is 41.3 Å². The quantitative estimate of drug-likeness (QED) is 0.695. The van der Waals surface area contributed by atoms with E-state index in [1.807, 2.05) is 67.6 Å². The van der Waals surface area contributed by atoms with E-state index in [-0.39, 0.29) is 18.1 Å².